The first-order valence-electron chi connectivity index (χ1n) is 5.98. The smallest absolute Gasteiger partial charge is 0.113 e. The molecule has 0 saturated carbocycles. The lowest BCUT2D eigenvalue weighted by atomic mass is 9.84. The van der Waals surface area contributed by atoms with Gasteiger partial charge in [0.25, 0.3) is 0 Å². The van der Waals surface area contributed by atoms with Crippen LogP contribution in [0.3, 0.4) is 0 Å². The minimum atomic E-state index is -0.990. The van der Waals surface area contributed by atoms with Gasteiger partial charge in [0, 0.05) is 10.0 Å². The molecule has 1 atom stereocenters. The van der Waals surface area contributed by atoms with Crippen LogP contribution >= 0.6 is 15.9 Å². The van der Waals surface area contributed by atoms with Crippen LogP contribution in [0.15, 0.2) is 46.9 Å². The molecule has 1 unspecified atom stereocenters. The molecular weight excluding hydrogens is 288 g/mol. The standard InChI is InChI=1S/C16H17BrO/c1-11-7-6-9-13(12(11)2)16(3,18)14-8-4-5-10-15(14)17/h4-10,18H,1-3H3. The first kappa shape index (κ1) is 13.3. The van der Waals surface area contributed by atoms with Crippen LogP contribution in [0.2, 0.25) is 0 Å². The van der Waals surface area contributed by atoms with Crippen LogP contribution in [-0.2, 0) is 5.60 Å². The van der Waals surface area contributed by atoms with Gasteiger partial charge < -0.3 is 5.11 Å². The summed E-state index contributed by atoms with van der Waals surface area (Å²) < 4.78 is 0.927. The molecule has 0 aliphatic carbocycles. The quantitative estimate of drug-likeness (QED) is 0.876. The Morgan fingerprint density at radius 3 is 2.22 bits per heavy atom. The van der Waals surface area contributed by atoms with E-state index in [9.17, 15) is 5.11 Å². The van der Waals surface area contributed by atoms with E-state index in [4.69, 9.17) is 0 Å². The fourth-order valence-corrected chi connectivity index (χ4v) is 2.95. The maximum Gasteiger partial charge on any atom is 0.113 e. The third-order valence-corrected chi connectivity index (χ3v) is 4.22. The first-order chi connectivity index (χ1) is 8.44. The van der Waals surface area contributed by atoms with Gasteiger partial charge in [0.05, 0.1) is 0 Å². The van der Waals surface area contributed by atoms with Gasteiger partial charge in [0.1, 0.15) is 5.60 Å². The predicted octanol–water partition coefficient (Wildman–Crippen LogP) is 4.32. The molecule has 1 nitrogen and oxygen atoms in total. The average molecular weight is 305 g/mol. The number of halogens is 1. The number of benzene rings is 2. The maximum absolute atomic E-state index is 10.9. The van der Waals surface area contributed by atoms with Crippen molar-refractivity contribution in [2.24, 2.45) is 0 Å². The highest BCUT2D eigenvalue weighted by molar-refractivity contribution is 9.10. The van der Waals surface area contributed by atoms with Crippen LogP contribution in [0.5, 0.6) is 0 Å². The normalized spacial score (nSPS) is 14.3. The fraction of sp³-hybridized carbons (Fsp3) is 0.250. The highest BCUT2D eigenvalue weighted by Gasteiger charge is 2.29. The summed E-state index contributed by atoms with van der Waals surface area (Å²) in [5.41, 5.74) is 3.18. The van der Waals surface area contributed by atoms with E-state index in [0.717, 1.165) is 21.2 Å². The maximum atomic E-state index is 10.9. The molecule has 0 aliphatic heterocycles. The highest BCUT2D eigenvalue weighted by atomic mass is 79.9. The van der Waals surface area contributed by atoms with Gasteiger partial charge in [-0.1, -0.05) is 52.3 Å². The molecule has 0 radical (unpaired) electrons. The lowest BCUT2D eigenvalue weighted by molar-refractivity contribution is 0.101. The van der Waals surface area contributed by atoms with E-state index in [1.807, 2.05) is 43.3 Å². The van der Waals surface area contributed by atoms with Crippen molar-refractivity contribution in [3.8, 4) is 0 Å². The van der Waals surface area contributed by atoms with E-state index >= 15 is 0 Å². The Kier molecular flexibility index (Phi) is 3.60. The summed E-state index contributed by atoms with van der Waals surface area (Å²) in [6.07, 6.45) is 0. The average Bonchev–Trinajstić information content (AvgIpc) is 2.32. The van der Waals surface area contributed by atoms with Crippen molar-refractivity contribution in [1.82, 2.24) is 0 Å². The van der Waals surface area contributed by atoms with Crippen LogP contribution in [0.4, 0.5) is 0 Å². The topological polar surface area (TPSA) is 20.2 Å². The number of hydrogen-bond donors (Lipinski definition) is 1. The van der Waals surface area contributed by atoms with Crippen molar-refractivity contribution in [2.75, 3.05) is 0 Å². The van der Waals surface area contributed by atoms with Crippen LogP contribution < -0.4 is 0 Å². The van der Waals surface area contributed by atoms with Crippen LogP contribution in [0.1, 0.15) is 29.2 Å². The van der Waals surface area contributed by atoms with Crippen LogP contribution in [0.25, 0.3) is 0 Å². The van der Waals surface area contributed by atoms with Gasteiger partial charge >= 0.3 is 0 Å². The second-order valence-corrected chi connectivity index (χ2v) is 5.65. The van der Waals surface area contributed by atoms with E-state index in [1.54, 1.807) is 0 Å². The molecule has 0 fully saturated rings. The van der Waals surface area contributed by atoms with Crippen molar-refractivity contribution >= 4 is 15.9 Å². The summed E-state index contributed by atoms with van der Waals surface area (Å²) in [7, 11) is 0. The lowest BCUT2D eigenvalue weighted by Crippen LogP contribution is -2.24. The molecule has 0 aliphatic rings. The van der Waals surface area contributed by atoms with Gasteiger partial charge in [0.2, 0.25) is 0 Å². The molecule has 0 amide bonds. The molecule has 94 valence electrons. The molecule has 2 aromatic rings. The number of rotatable bonds is 2. The predicted molar refractivity (Wildman–Crippen MR) is 78.7 cm³/mol. The zero-order valence-electron chi connectivity index (χ0n) is 10.9. The fourth-order valence-electron chi connectivity index (χ4n) is 2.28. The van der Waals surface area contributed by atoms with Gasteiger partial charge in [-0.15, -0.1) is 0 Å². The molecule has 2 aromatic carbocycles. The van der Waals surface area contributed by atoms with E-state index in [1.165, 1.54) is 5.56 Å². The molecule has 0 bridgehead atoms. The van der Waals surface area contributed by atoms with Gasteiger partial charge in [-0.25, -0.2) is 0 Å². The Balaban J connectivity index is 2.62. The summed E-state index contributed by atoms with van der Waals surface area (Å²) in [5, 5.41) is 10.9. The molecular formula is C16H17BrO. The van der Waals surface area contributed by atoms with Gasteiger partial charge in [0.15, 0.2) is 0 Å². The van der Waals surface area contributed by atoms with E-state index < -0.39 is 5.60 Å². The van der Waals surface area contributed by atoms with Crippen LogP contribution in [-0.4, -0.2) is 5.11 Å². The monoisotopic (exact) mass is 304 g/mol. The minimum absolute atomic E-state index is 0.888. The van der Waals surface area contributed by atoms with Crippen molar-refractivity contribution in [1.29, 1.82) is 0 Å². The lowest BCUT2D eigenvalue weighted by Gasteiger charge is -2.28. The molecule has 0 spiro atoms. The largest absolute Gasteiger partial charge is 0.381 e. The third kappa shape index (κ3) is 2.23. The number of aliphatic hydroxyl groups is 1. The summed E-state index contributed by atoms with van der Waals surface area (Å²) in [4.78, 5) is 0. The summed E-state index contributed by atoms with van der Waals surface area (Å²) in [5.74, 6) is 0. The molecule has 0 heterocycles. The Morgan fingerprint density at radius 1 is 0.944 bits per heavy atom. The number of aryl methyl sites for hydroxylation is 1. The Hall–Kier alpha value is -1.12. The summed E-state index contributed by atoms with van der Waals surface area (Å²) in [6.45, 7) is 5.96. The Bertz CT molecular complexity index is 573. The molecule has 0 saturated heterocycles. The Labute approximate surface area is 117 Å². The zero-order valence-corrected chi connectivity index (χ0v) is 12.5. The van der Waals surface area contributed by atoms with Gasteiger partial charge in [-0.05, 0) is 43.5 Å². The molecule has 2 rings (SSSR count). The Morgan fingerprint density at radius 2 is 1.56 bits per heavy atom. The van der Waals surface area contributed by atoms with Gasteiger partial charge in [-0.2, -0.15) is 0 Å². The summed E-state index contributed by atoms with van der Waals surface area (Å²) in [6, 6.07) is 13.8. The SMILES string of the molecule is Cc1cccc(C(C)(O)c2ccccc2Br)c1C. The molecule has 1 N–H and O–H groups in total. The first-order valence-corrected chi connectivity index (χ1v) is 6.78. The third-order valence-electron chi connectivity index (χ3n) is 3.53. The molecule has 2 heteroatoms. The van der Waals surface area contributed by atoms with Crippen molar-refractivity contribution in [3.05, 3.63) is 69.2 Å². The van der Waals surface area contributed by atoms with Crippen LogP contribution in [0, 0.1) is 13.8 Å². The van der Waals surface area contributed by atoms with E-state index in [-0.39, 0.29) is 0 Å². The number of hydrogen-bond acceptors (Lipinski definition) is 1. The second-order valence-electron chi connectivity index (χ2n) is 4.80. The van der Waals surface area contributed by atoms with E-state index in [0.29, 0.717) is 0 Å². The highest BCUT2D eigenvalue weighted by Crippen LogP contribution is 2.36. The summed E-state index contributed by atoms with van der Waals surface area (Å²) >= 11 is 3.51. The van der Waals surface area contributed by atoms with E-state index in [2.05, 4.69) is 35.8 Å². The minimum Gasteiger partial charge on any atom is -0.381 e. The van der Waals surface area contributed by atoms with Crippen molar-refractivity contribution < 1.29 is 5.11 Å². The molecule has 0 aromatic heterocycles. The zero-order chi connectivity index (χ0) is 13.3. The molecule has 18 heavy (non-hydrogen) atoms. The van der Waals surface area contributed by atoms with Crippen molar-refractivity contribution in [2.45, 2.75) is 26.4 Å². The second kappa shape index (κ2) is 4.87. The van der Waals surface area contributed by atoms with Crippen molar-refractivity contribution in [3.63, 3.8) is 0 Å². The van der Waals surface area contributed by atoms with Gasteiger partial charge in [-0.3, -0.25) is 0 Å².